The van der Waals surface area contributed by atoms with Crippen molar-refractivity contribution >= 4 is 48.9 Å². The van der Waals surface area contributed by atoms with Gasteiger partial charge in [0.05, 0.1) is 0 Å². The monoisotopic (exact) mass is 252 g/mol. The molecular formula is C6H10BaO2. The van der Waals surface area contributed by atoms with Crippen molar-refractivity contribution in [3.8, 4) is 0 Å². The van der Waals surface area contributed by atoms with Crippen molar-refractivity contribution in [3.05, 3.63) is 24.7 Å². The van der Waals surface area contributed by atoms with Crippen LogP contribution < -0.4 is 10.2 Å². The second-order valence-corrected chi connectivity index (χ2v) is 1.40. The van der Waals surface area contributed by atoms with Crippen LogP contribution >= 0.6 is 0 Å². The summed E-state index contributed by atoms with van der Waals surface area (Å²) in [5.41, 5.74) is 0. The molecule has 48 valence electrons. The Morgan fingerprint density at radius 1 is 1.00 bits per heavy atom. The Bertz CT molecular complexity index is 69.1. The van der Waals surface area contributed by atoms with Gasteiger partial charge in [-0.3, -0.25) is 0 Å². The third kappa shape index (κ3) is 902. The van der Waals surface area contributed by atoms with Crippen LogP contribution in [-0.4, -0.2) is 48.9 Å². The van der Waals surface area contributed by atoms with Crippen molar-refractivity contribution in [1.29, 1.82) is 0 Å². The fraction of sp³-hybridized carbons (Fsp3) is 0.333. The van der Waals surface area contributed by atoms with Gasteiger partial charge in [-0.15, -0.1) is 24.7 Å². The fourth-order valence-electron chi connectivity index (χ4n) is 0. The summed E-state index contributed by atoms with van der Waals surface area (Å²) in [4.78, 5) is 0. The van der Waals surface area contributed by atoms with Crippen molar-refractivity contribution in [2.45, 2.75) is 13.8 Å². The first-order valence-electron chi connectivity index (χ1n) is 2.12. The van der Waals surface area contributed by atoms with Gasteiger partial charge in [-0.05, 0) is 0 Å². The molecule has 0 saturated carbocycles. The molecule has 0 aromatic carbocycles. The average molecular weight is 251 g/mol. The molecule has 9 heavy (non-hydrogen) atoms. The van der Waals surface area contributed by atoms with Gasteiger partial charge in [0.2, 0.25) is 0 Å². The standard InChI is InChI=1S/2C3H6O.Ba/c2*1-3(2)4;/h2*4H,1H2,2H3;/q;;+2/p-2. The summed E-state index contributed by atoms with van der Waals surface area (Å²) in [5.74, 6) is -0.167. The van der Waals surface area contributed by atoms with Crippen LogP contribution in [0.25, 0.3) is 0 Å². The Hall–Kier alpha value is 0.651. The van der Waals surface area contributed by atoms with Crippen LogP contribution in [0.3, 0.4) is 0 Å². The van der Waals surface area contributed by atoms with E-state index in [1.165, 1.54) is 13.8 Å². The second kappa shape index (κ2) is 11.4. The van der Waals surface area contributed by atoms with Crippen molar-refractivity contribution in [1.82, 2.24) is 0 Å². The zero-order valence-electron chi connectivity index (χ0n) is 5.94. The van der Waals surface area contributed by atoms with Gasteiger partial charge in [-0.25, -0.2) is 0 Å². The van der Waals surface area contributed by atoms with Gasteiger partial charge in [-0.1, -0.05) is 13.8 Å². The molecule has 0 aromatic rings. The first-order chi connectivity index (χ1) is 3.46. The zero-order chi connectivity index (χ0) is 7.15. The van der Waals surface area contributed by atoms with E-state index in [2.05, 4.69) is 13.2 Å². The van der Waals surface area contributed by atoms with Gasteiger partial charge in [-0.2, -0.15) is 0 Å². The van der Waals surface area contributed by atoms with Gasteiger partial charge >= 0.3 is 48.9 Å². The summed E-state index contributed by atoms with van der Waals surface area (Å²) in [6.45, 7) is 8.83. The molecule has 0 bridgehead atoms. The smallest absolute Gasteiger partial charge is 0.876 e. The van der Waals surface area contributed by atoms with Gasteiger partial charge in [0.1, 0.15) is 0 Å². The maximum absolute atomic E-state index is 9.33. The molecule has 0 heterocycles. The molecule has 0 aliphatic heterocycles. The Labute approximate surface area is 96.4 Å². The molecule has 0 fully saturated rings. The molecule has 0 saturated heterocycles. The number of rotatable bonds is 0. The van der Waals surface area contributed by atoms with Gasteiger partial charge < -0.3 is 10.2 Å². The van der Waals surface area contributed by atoms with E-state index in [0.29, 0.717) is 0 Å². The summed E-state index contributed by atoms with van der Waals surface area (Å²) in [6, 6.07) is 0. The van der Waals surface area contributed by atoms with Crippen LogP contribution in [0, 0.1) is 0 Å². The predicted octanol–water partition coefficient (Wildman–Crippen LogP) is -0.620. The Balaban J connectivity index is -0.0000000720. The van der Waals surface area contributed by atoms with E-state index in [0.717, 1.165) is 0 Å². The average Bonchev–Trinajstić information content (AvgIpc) is 1.25. The molecule has 0 aromatic heterocycles. The molecule has 0 radical (unpaired) electrons. The van der Waals surface area contributed by atoms with E-state index >= 15 is 0 Å². The molecule has 0 amide bonds. The van der Waals surface area contributed by atoms with E-state index in [1.807, 2.05) is 0 Å². The third-order valence-electron chi connectivity index (χ3n) is 0. The molecular weight excluding hydrogens is 241 g/mol. The minimum absolute atomic E-state index is 0. The molecule has 0 spiro atoms. The molecule has 0 N–H and O–H groups in total. The van der Waals surface area contributed by atoms with E-state index in [9.17, 15) is 10.2 Å². The van der Waals surface area contributed by atoms with E-state index in [4.69, 9.17) is 0 Å². The molecule has 0 atom stereocenters. The minimum Gasteiger partial charge on any atom is -0.876 e. The summed E-state index contributed by atoms with van der Waals surface area (Å²) in [6.07, 6.45) is 0. The number of hydrogen-bond acceptors (Lipinski definition) is 2. The minimum atomic E-state index is -0.0833. The normalized spacial score (nSPS) is 5.56. The molecule has 0 rings (SSSR count). The first-order valence-corrected chi connectivity index (χ1v) is 2.12. The maximum atomic E-state index is 9.33. The molecule has 2 nitrogen and oxygen atoms in total. The Morgan fingerprint density at radius 2 is 1.00 bits per heavy atom. The number of hydrogen-bond donors (Lipinski definition) is 0. The second-order valence-electron chi connectivity index (χ2n) is 1.40. The van der Waals surface area contributed by atoms with Crippen LogP contribution in [0.15, 0.2) is 24.7 Å². The number of allylic oxidation sites excluding steroid dienone is 2. The summed E-state index contributed by atoms with van der Waals surface area (Å²) >= 11 is 0. The molecule has 0 unspecified atom stereocenters. The largest absolute Gasteiger partial charge is 2.00 e. The quantitative estimate of drug-likeness (QED) is 0.425. The van der Waals surface area contributed by atoms with E-state index in [-0.39, 0.29) is 60.4 Å². The van der Waals surface area contributed by atoms with Crippen molar-refractivity contribution in [2.75, 3.05) is 0 Å². The van der Waals surface area contributed by atoms with Gasteiger partial charge in [0.25, 0.3) is 0 Å². The Kier molecular flexibility index (Phi) is 20.8. The summed E-state index contributed by atoms with van der Waals surface area (Å²) in [7, 11) is 0. The van der Waals surface area contributed by atoms with Crippen LogP contribution in [-0.2, 0) is 0 Å². The van der Waals surface area contributed by atoms with Crippen LogP contribution in [0.4, 0.5) is 0 Å². The Morgan fingerprint density at radius 3 is 1.00 bits per heavy atom. The van der Waals surface area contributed by atoms with Crippen molar-refractivity contribution in [2.24, 2.45) is 0 Å². The van der Waals surface area contributed by atoms with E-state index in [1.54, 1.807) is 0 Å². The SMILES string of the molecule is C=C(C)[O-].C=C(C)[O-].[Ba+2]. The fourth-order valence-corrected chi connectivity index (χ4v) is 0. The molecule has 3 heteroatoms. The first kappa shape index (κ1) is 16.3. The van der Waals surface area contributed by atoms with Gasteiger partial charge in [0, 0.05) is 0 Å². The predicted molar refractivity (Wildman–Crippen MR) is 35.4 cm³/mol. The summed E-state index contributed by atoms with van der Waals surface area (Å²) in [5, 5.41) is 18.7. The van der Waals surface area contributed by atoms with Crippen LogP contribution in [0.1, 0.15) is 13.8 Å². The molecule has 0 aliphatic carbocycles. The van der Waals surface area contributed by atoms with Crippen LogP contribution in [0.2, 0.25) is 0 Å². The third-order valence-corrected chi connectivity index (χ3v) is 0. The topological polar surface area (TPSA) is 46.1 Å². The van der Waals surface area contributed by atoms with Crippen molar-refractivity contribution < 1.29 is 10.2 Å². The maximum Gasteiger partial charge on any atom is 2.00 e. The summed E-state index contributed by atoms with van der Waals surface area (Å²) < 4.78 is 0. The van der Waals surface area contributed by atoms with Gasteiger partial charge in [0.15, 0.2) is 0 Å². The zero-order valence-corrected chi connectivity index (χ0v) is 10.4. The van der Waals surface area contributed by atoms with E-state index < -0.39 is 0 Å². The van der Waals surface area contributed by atoms with Crippen LogP contribution in [0.5, 0.6) is 0 Å². The molecule has 0 aliphatic rings. The van der Waals surface area contributed by atoms with Crippen molar-refractivity contribution in [3.63, 3.8) is 0 Å².